The number of alkyl carbamates (subject to hydrolysis) is 2. The summed E-state index contributed by atoms with van der Waals surface area (Å²) in [5.74, 6) is -0.419. The summed E-state index contributed by atoms with van der Waals surface area (Å²) < 4.78 is 10.2. The largest absolute Gasteiger partial charge is 0.444 e. The third-order valence-electron chi connectivity index (χ3n) is 2.84. The lowest BCUT2D eigenvalue weighted by molar-refractivity contribution is -0.120. The maximum Gasteiger partial charge on any atom is 0.414 e. The van der Waals surface area contributed by atoms with E-state index in [0.717, 1.165) is 0 Å². The first-order valence-corrected chi connectivity index (χ1v) is 8.73. The van der Waals surface area contributed by atoms with Crippen molar-refractivity contribution in [2.24, 2.45) is 10.7 Å². The Labute approximate surface area is 160 Å². The van der Waals surface area contributed by atoms with Gasteiger partial charge in [0.25, 0.3) is 0 Å². The van der Waals surface area contributed by atoms with Crippen LogP contribution in [0.15, 0.2) is 4.99 Å². The standard InChI is InChI=1S/C17H33N5O5/c1-16(2,3)26-14(24)21-11(12(18)23)9-8-10-20-13(19-7)22-15(25)27-17(4,5)6/h11H,8-10H2,1-7H3,(H2,18,23)(H,21,24)(H2,19,20,22,25). The average Bonchev–Trinajstić information content (AvgIpc) is 2.44. The Balaban J connectivity index is 4.38. The fourth-order valence-electron chi connectivity index (χ4n) is 1.83. The van der Waals surface area contributed by atoms with Gasteiger partial charge in [-0.15, -0.1) is 0 Å². The number of hydrogen-bond donors (Lipinski definition) is 4. The molecule has 0 aromatic carbocycles. The molecule has 0 radical (unpaired) electrons. The van der Waals surface area contributed by atoms with Gasteiger partial charge in [0.2, 0.25) is 11.9 Å². The topological polar surface area (TPSA) is 144 Å². The molecule has 0 aromatic rings. The van der Waals surface area contributed by atoms with Crippen LogP contribution in [0, 0.1) is 0 Å². The van der Waals surface area contributed by atoms with E-state index in [1.807, 2.05) is 0 Å². The summed E-state index contributed by atoms with van der Waals surface area (Å²) in [6.07, 6.45) is -0.553. The number of aliphatic imine (C=N–C) groups is 1. The lowest BCUT2D eigenvalue weighted by Crippen LogP contribution is -2.47. The number of amides is 3. The Bertz CT molecular complexity index is 549. The Morgan fingerprint density at radius 2 is 1.52 bits per heavy atom. The van der Waals surface area contributed by atoms with Gasteiger partial charge in [0, 0.05) is 13.6 Å². The third-order valence-corrected chi connectivity index (χ3v) is 2.84. The fraction of sp³-hybridized carbons (Fsp3) is 0.765. The second-order valence-electron chi connectivity index (χ2n) is 7.87. The molecule has 27 heavy (non-hydrogen) atoms. The number of carbonyl (C=O) groups is 3. The molecule has 0 saturated heterocycles. The molecule has 1 atom stereocenters. The Hall–Kier alpha value is -2.52. The quantitative estimate of drug-likeness (QED) is 0.307. The SMILES string of the molecule is CN=C(NCCCC(NC(=O)OC(C)(C)C)C(N)=O)NC(=O)OC(C)(C)C. The molecule has 0 aliphatic carbocycles. The second-order valence-corrected chi connectivity index (χ2v) is 7.87. The van der Waals surface area contributed by atoms with Gasteiger partial charge < -0.3 is 25.8 Å². The van der Waals surface area contributed by atoms with Crippen molar-refractivity contribution in [1.29, 1.82) is 0 Å². The van der Waals surface area contributed by atoms with Crippen molar-refractivity contribution >= 4 is 24.1 Å². The van der Waals surface area contributed by atoms with E-state index in [2.05, 4.69) is 20.9 Å². The number of primary amides is 1. The molecule has 0 saturated carbocycles. The fourth-order valence-corrected chi connectivity index (χ4v) is 1.83. The van der Waals surface area contributed by atoms with E-state index in [9.17, 15) is 14.4 Å². The molecule has 5 N–H and O–H groups in total. The summed E-state index contributed by atoms with van der Waals surface area (Å²) in [5.41, 5.74) is 4.02. The minimum atomic E-state index is -0.859. The molecular weight excluding hydrogens is 354 g/mol. The minimum absolute atomic E-state index is 0.236. The van der Waals surface area contributed by atoms with E-state index in [0.29, 0.717) is 19.4 Å². The van der Waals surface area contributed by atoms with E-state index in [4.69, 9.17) is 15.2 Å². The van der Waals surface area contributed by atoms with Gasteiger partial charge in [0.1, 0.15) is 17.2 Å². The molecule has 10 heteroatoms. The number of ether oxygens (including phenoxy) is 2. The van der Waals surface area contributed by atoms with E-state index < -0.39 is 35.3 Å². The van der Waals surface area contributed by atoms with Crippen LogP contribution in [0.3, 0.4) is 0 Å². The predicted molar refractivity (Wildman–Crippen MR) is 102 cm³/mol. The second kappa shape index (κ2) is 10.6. The molecule has 0 aromatic heterocycles. The summed E-state index contributed by atoms with van der Waals surface area (Å²) in [5, 5.41) is 7.85. The van der Waals surface area contributed by atoms with E-state index in [-0.39, 0.29) is 5.96 Å². The van der Waals surface area contributed by atoms with Gasteiger partial charge >= 0.3 is 12.2 Å². The number of rotatable bonds is 6. The zero-order chi connectivity index (χ0) is 21.3. The van der Waals surface area contributed by atoms with Crippen LogP contribution >= 0.6 is 0 Å². The highest BCUT2D eigenvalue weighted by Crippen LogP contribution is 2.08. The first-order chi connectivity index (χ1) is 12.2. The summed E-state index contributed by atoms with van der Waals surface area (Å²) in [6.45, 7) is 10.8. The molecule has 0 spiro atoms. The van der Waals surface area contributed by atoms with Crippen LogP contribution in [-0.4, -0.2) is 54.9 Å². The number of guanidine groups is 1. The molecule has 10 nitrogen and oxygen atoms in total. The normalized spacial score (nSPS) is 13.4. The maximum absolute atomic E-state index is 11.8. The van der Waals surface area contributed by atoms with Crippen LogP contribution in [0.4, 0.5) is 9.59 Å². The van der Waals surface area contributed by atoms with Crippen molar-refractivity contribution < 1.29 is 23.9 Å². The predicted octanol–water partition coefficient (Wildman–Crippen LogP) is 1.25. The van der Waals surface area contributed by atoms with Crippen molar-refractivity contribution in [2.45, 2.75) is 71.6 Å². The first kappa shape index (κ1) is 24.5. The molecule has 0 fully saturated rings. The van der Waals surface area contributed by atoms with Crippen molar-refractivity contribution in [2.75, 3.05) is 13.6 Å². The van der Waals surface area contributed by atoms with Crippen LogP contribution in [0.25, 0.3) is 0 Å². The van der Waals surface area contributed by atoms with E-state index in [1.165, 1.54) is 7.05 Å². The van der Waals surface area contributed by atoms with Gasteiger partial charge in [0.15, 0.2) is 0 Å². The van der Waals surface area contributed by atoms with Crippen molar-refractivity contribution in [3.8, 4) is 0 Å². The van der Waals surface area contributed by atoms with Crippen LogP contribution in [-0.2, 0) is 14.3 Å². The van der Waals surface area contributed by atoms with Crippen LogP contribution in [0.5, 0.6) is 0 Å². The van der Waals surface area contributed by atoms with Crippen LogP contribution in [0.1, 0.15) is 54.4 Å². The maximum atomic E-state index is 11.8. The number of nitrogens with zero attached hydrogens (tertiary/aromatic N) is 1. The Morgan fingerprint density at radius 1 is 1.00 bits per heavy atom. The molecule has 0 bridgehead atoms. The molecule has 0 aliphatic heterocycles. The highest BCUT2D eigenvalue weighted by atomic mass is 16.6. The third kappa shape index (κ3) is 13.4. The minimum Gasteiger partial charge on any atom is -0.444 e. The van der Waals surface area contributed by atoms with E-state index in [1.54, 1.807) is 41.5 Å². The van der Waals surface area contributed by atoms with Gasteiger partial charge in [-0.25, -0.2) is 9.59 Å². The summed E-state index contributed by atoms with van der Waals surface area (Å²) in [7, 11) is 1.51. The molecule has 1 unspecified atom stereocenters. The number of nitrogens with two attached hydrogens (primary N) is 1. The molecule has 3 amide bonds. The van der Waals surface area contributed by atoms with Gasteiger partial charge in [-0.1, -0.05) is 0 Å². The summed E-state index contributed by atoms with van der Waals surface area (Å²) in [6, 6.07) is -0.859. The lowest BCUT2D eigenvalue weighted by Gasteiger charge is -2.22. The van der Waals surface area contributed by atoms with Crippen LogP contribution < -0.4 is 21.7 Å². The number of carbonyl (C=O) groups excluding carboxylic acids is 3. The lowest BCUT2D eigenvalue weighted by atomic mass is 10.1. The van der Waals surface area contributed by atoms with Crippen molar-refractivity contribution in [3.05, 3.63) is 0 Å². The van der Waals surface area contributed by atoms with Crippen molar-refractivity contribution in [1.82, 2.24) is 16.0 Å². The first-order valence-electron chi connectivity index (χ1n) is 8.73. The van der Waals surface area contributed by atoms with Crippen molar-refractivity contribution in [3.63, 3.8) is 0 Å². The monoisotopic (exact) mass is 387 g/mol. The zero-order valence-electron chi connectivity index (χ0n) is 17.3. The number of nitrogens with one attached hydrogen (secondary N) is 3. The molecular formula is C17H33N5O5. The molecule has 156 valence electrons. The highest BCUT2D eigenvalue weighted by molar-refractivity contribution is 5.93. The molecule has 0 heterocycles. The smallest absolute Gasteiger partial charge is 0.414 e. The molecule has 0 rings (SSSR count). The highest BCUT2D eigenvalue weighted by Gasteiger charge is 2.22. The van der Waals surface area contributed by atoms with Gasteiger partial charge in [-0.3, -0.25) is 15.1 Å². The Kier molecular flexibility index (Phi) is 9.60. The van der Waals surface area contributed by atoms with Crippen LogP contribution in [0.2, 0.25) is 0 Å². The summed E-state index contributed by atoms with van der Waals surface area (Å²) >= 11 is 0. The zero-order valence-corrected chi connectivity index (χ0v) is 17.3. The Morgan fingerprint density at radius 3 is 1.96 bits per heavy atom. The molecule has 0 aliphatic rings. The van der Waals surface area contributed by atoms with Gasteiger partial charge in [-0.2, -0.15) is 0 Å². The summed E-state index contributed by atoms with van der Waals surface area (Å²) in [4.78, 5) is 38.9. The van der Waals surface area contributed by atoms with Gasteiger partial charge in [0.05, 0.1) is 0 Å². The average molecular weight is 387 g/mol. The van der Waals surface area contributed by atoms with Gasteiger partial charge in [-0.05, 0) is 54.4 Å². The number of hydrogen-bond acceptors (Lipinski definition) is 6. The van der Waals surface area contributed by atoms with E-state index >= 15 is 0 Å².